The third-order valence-electron chi connectivity index (χ3n) is 6.04. The number of ketones is 1. The number of thioether (sulfide) groups is 2. The molecule has 6 heteroatoms. The fraction of sp³-hybridized carbons (Fsp3) is 0.481. The Balaban J connectivity index is 1.46. The molecular weight excluding hydrogens is 452 g/mol. The number of fused-ring (bicyclic) bond motifs is 1. The SMILES string of the molecule is COC(=O)CSCCCS[C@H]1C(=O)CC[C@@H]1C=CC(C)(O)CCc1ccc2ccccc2c1. The van der Waals surface area contributed by atoms with Gasteiger partial charge in [0.25, 0.3) is 0 Å². The Labute approximate surface area is 205 Å². The predicted molar refractivity (Wildman–Crippen MR) is 140 cm³/mol. The first-order chi connectivity index (χ1) is 15.9. The van der Waals surface area contributed by atoms with Crippen molar-refractivity contribution in [2.45, 2.75) is 49.9 Å². The topological polar surface area (TPSA) is 63.6 Å². The monoisotopic (exact) mass is 486 g/mol. The molecule has 0 spiro atoms. The number of Topliss-reactive ketones (excluding diaryl/α,β-unsaturated/α-hetero) is 1. The Bertz CT molecular complexity index is 970. The number of ether oxygens (including phenoxy) is 1. The molecule has 1 aliphatic rings. The summed E-state index contributed by atoms with van der Waals surface area (Å²) in [6, 6.07) is 14.8. The van der Waals surface area contributed by atoms with Crippen molar-refractivity contribution in [1.82, 2.24) is 0 Å². The van der Waals surface area contributed by atoms with E-state index < -0.39 is 5.60 Å². The quantitative estimate of drug-likeness (QED) is 0.244. The molecule has 178 valence electrons. The van der Waals surface area contributed by atoms with Gasteiger partial charge in [-0.15, -0.1) is 11.8 Å². The second-order valence-corrected chi connectivity index (χ2v) is 11.2. The molecule has 33 heavy (non-hydrogen) atoms. The van der Waals surface area contributed by atoms with Crippen molar-refractivity contribution in [2.24, 2.45) is 5.92 Å². The van der Waals surface area contributed by atoms with Gasteiger partial charge in [0.2, 0.25) is 0 Å². The van der Waals surface area contributed by atoms with E-state index in [0.717, 1.165) is 30.8 Å². The number of aliphatic hydroxyl groups is 1. The maximum atomic E-state index is 12.4. The molecule has 0 aromatic heterocycles. The number of benzene rings is 2. The molecule has 0 bridgehead atoms. The van der Waals surface area contributed by atoms with Crippen LogP contribution in [-0.2, 0) is 20.7 Å². The lowest BCUT2D eigenvalue weighted by molar-refractivity contribution is -0.137. The molecule has 1 aliphatic carbocycles. The van der Waals surface area contributed by atoms with Crippen LogP contribution in [0.3, 0.4) is 0 Å². The van der Waals surface area contributed by atoms with Crippen LogP contribution in [0.25, 0.3) is 10.8 Å². The summed E-state index contributed by atoms with van der Waals surface area (Å²) in [6.45, 7) is 1.85. The van der Waals surface area contributed by atoms with E-state index in [0.29, 0.717) is 24.4 Å². The molecule has 0 heterocycles. The van der Waals surface area contributed by atoms with E-state index in [1.54, 1.807) is 23.5 Å². The second kappa shape index (κ2) is 12.6. The number of rotatable bonds is 12. The summed E-state index contributed by atoms with van der Waals surface area (Å²) in [4.78, 5) is 23.5. The zero-order valence-corrected chi connectivity index (χ0v) is 21.1. The first kappa shape index (κ1) is 25.9. The summed E-state index contributed by atoms with van der Waals surface area (Å²) >= 11 is 3.28. The van der Waals surface area contributed by atoms with Gasteiger partial charge in [-0.2, -0.15) is 11.8 Å². The number of aryl methyl sites for hydroxylation is 1. The van der Waals surface area contributed by atoms with Crippen molar-refractivity contribution < 1.29 is 19.4 Å². The molecule has 0 amide bonds. The third-order valence-corrected chi connectivity index (χ3v) is 8.56. The molecule has 4 nitrogen and oxygen atoms in total. The van der Waals surface area contributed by atoms with Crippen molar-refractivity contribution in [1.29, 1.82) is 0 Å². The average molecular weight is 487 g/mol. The second-order valence-electron chi connectivity index (χ2n) is 8.84. The van der Waals surface area contributed by atoms with Gasteiger partial charge in [-0.05, 0) is 66.4 Å². The highest BCUT2D eigenvalue weighted by Crippen LogP contribution is 2.34. The first-order valence-corrected chi connectivity index (χ1v) is 13.8. The van der Waals surface area contributed by atoms with Gasteiger partial charge in [0, 0.05) is 6.42 Å². The number of carbonyl (C=O) groups excluding carboxylic acids is 2. The Morgan fingerprint density at radius 1 is 1.21 bits per heavy atom. The lowest BCUT2D eigenvalue weighted by atomic mass is 9.93. The van der Waals surface area contributed by atoms with E-state index in [2.05, 4.69) is 41.1 Å². The van der Waals surface area contributed by atoms with Crippen LogP contribution in [0.2, 0.25) is 0 Å². The van der Waals surface area contributed by atoms with Crippen LogP contribution in [0, 0.1) is 5.92 Å². The number of hydrogen-bond donors (Lipinski definition) is 1. The van der Waals surface area contributed by atoms with Gasteiger partial charge in [-0.25, -0.2) is 0 Å². The Hall–Kier alpha value is -1.76. The van der Waals surface area contributed by atoms with E-state index in [-0.39, 0.29) is 17.1 Å². The lowest BCUT2D eigenvalue weighted by Gasteiger charge is -2.21. The molecule has 2 aromatic rings. The van der Waals surface area contributed by atoms with E-state index in [4.69, 9.17) is 0 Å². The van der Waals surface area contributed by atoms with E-state index in [1.807, 2.05) is 25.1 Å². The van der Waals surface area contributed by atoms with Crippen molar-refractivity contribution in [2.75, 3.05) is 24.4 Å². The summed E-state index contributed by atoms with van der Waals surface area (Å²) < 4.78 is 4.64. The molecule has 0 saturated heterocycles. The minimum atomic E-state index is -0.906. The molecule has 1 unspecified atom stereocenters. The standard InChI is InChI=1S/C27H34O4S2/c1-27(30,14-12-20-8-9-21-6-3-4-7-23(21)18-20)15-13-22-10-11-24(28)26(22)33-17-5-16-32-19-25(29)31-2/h3-4,6-9,13,15,18,22,26,30H,5,10-12,14,16-17,19H2,1-2H3/t22-,26-,27?/m1/s1. The Kier molecular flexibility index (Phi) is 9.90. The summed E-state index contributed by atoms with van der Waals surface area (Å²) in [7, 11) is 1.40. The molecule has 3 atom stereocenters. The first-order valence-electron chi connectivity index (χ1n) is 11.6. The number of esters is 1. The van der Waals surface area contributed by atoms with Gasteiger partial charge in [-0.3, -0.25) is 9.59 Å². The van der Waals surface area contributed by atoms with E-state index >= 15 is 0 Å². The fourth-order valence-electron chi connectivity index (χ4n) is 4.05. The lowest BCUT2D eigenvalue weighted by Crippen LogP contribution is -2.23. The van der Waals surface area contributed by atoms with Crippen molar-refractivity contribution in [3.05, 3.63) is 60.2 Å². The highest BCUT2D eigenvalue weighted by Gasteiger charge is 2.33. The summed E-state index contributed by atoms with van der Waals surface area (Å²) in [6.07, 6.45) is 7.82. The van der Waals surface area contributed by atoms with E-state index in [1.165, 1.54) is 23.4 Å². The van der Waals surface area contributed by atoms with Crippen LogP contribution < -0.4 is 0 Å². The zero-order chi connectivity index (χ0) is 23.7. The van der Waals surface area contributed by atoms with Crippen LogP contribution in [0.5, 0.6) is 0 Å². The molecule has 0 radical (unpaired) electrons. The zero-order valence-electron chi connectivity index (χ0n) is 19.5. The molecule has 1 fully saturated rings. The highest BCUT2D eigenvalue weighted by atomic mass is 32.2. The van der Waals surface area contributed by atoms with Gasteiger partial charge < -0.3 is 9.84 Å². The van der Waals surface area contributed by atoms with Crippen molar-refractivity contribution in [3.8, 4) is 0 Å². The number of hydrogen-bond acceptors (Lipinski definition) is 6. The van der Waals surface area contributed by atoms with Gasteiger partial charge >= 0.3 is 5.97 Å². The molecular formula is C27H34O4S2. The van der Waals surface area contributed by atoms with Crippen LogP contribution >= 0.6 is 23.5 Å². The predicted octanol–water partition coefficient (Wildman–Crippen LogP) is 5.46. The van der Waals surface area contributed by atoms with Crippen LogP contribution in [0.4, 0.5) is 0 Å². The van der Waals surface area contributed by atoms with Crippen LogP contribution in [0.1, 0.15) is 38.2 Å². The molecule has 2 aromatic carbocycles. The number of methoxy groups -OCH3 is 1. The van der Waals surface area contributed by atoms with Gasteiger partial charge in [0.15, 0.2) is 0 Å². The van der Waals surface area contributed by atoms with Crippen molar-refractivity contribution >= 4 is 46.0 Å². The van der Waals surface area contributed by atoms with Gasteiger partial charge in [0.05, 0.1) is 23.7 Å². The van der Waals surface area contributed by atoms with Gasteiger partial charge in [-0.1, -0.05) is 54.6 Å². The largest absolute Gasteiger partial charge is 0.468 e. The maximum Gasteiger partial charge on any atom is 0.315 e. The minimum Gasteiger partial charge on any atom is -0.468 e. The Morgan fingerprint density at radius 3 is 2.79 bits per heavy atom. The average Bonchev–Trinajstić information content (AvgIpc) is 3.17. The molecule has 3 rings (SSSR count). The Morgan fingerprint density at radius 2 is 2.00 bits per heavy atom. The number of carbonyl (C=O) groups is 2. The summed E-state index contributed by atoms with van der Waals surface area (Å²) in [5.41, 5.74) is 0.314. The van der Waals surface area contributed by atoms with Gasteiger partial charge in [0.1, 0.15) is 5.78 Å². The maximum absolute atomic E-state index is 12.4. The fourth-order valence-corrected chi connectivity index (χ4v) is 6.35. The molecule has 1 N–H and O–H groups in total. The molecule has 0 aliphatic heterocycles. The van der Waals surface area contributed by atoms with E-state index in [9.17, 15) is 14.7 Å². The summed E-state index contributed by atoms with van der Waals surface area (Å²) in [5, 5.41) is 13.3. The normalized spacial score (nSPS) is 20.4. The smallest absolute Gasteiger partial charge is 0.315 e. The highest BCUT2D eigenvalue weighted by molar-refractivity contribution is 8.01. The van der Waals surface area contributed by atoms with Crippen LogP contribution in [-0.4, -0.2) is 52.1 Å². The molecule has 1 saturated carbocycles. The third kappa shape index (κ3) is 8.20. The summed E-state index contributed by atoms with van der Waals surface area (Å²) in [5.74, 6) is 2.45. The number of allylic oxidation sites excluding steroid dienone is 1. The minimum absolute atomic E-state index is 0.0249. The van der Waals surface area contributed by atoms with Crippen molar-refractivity contribution in [3.63, 3.8) is 0 Å². The van der Waals surface area contributed by atoms with Crippen LogP contribution in [0.15, 0.2) is 54.6 Å².